The van der Waals surface area contributed by atoms with Crippen LogP contribution in [-0.4, -0.2) is 0 Å². The summed E-state index contributed by atoms with van der Waals surface area (Å²) in [4.78, 5) is 0. The Labute approximate surface area is 108 Å². The molecule has 0 aromatic heterocycles. The van der Waals surface area contributed by atoms with Crippen molar-refractivity contribution in [3.63, 3.8) is 0 Å². The molecule has 0 nitrogen and oxygen atoms in total. The monoisotopic (exact) mass is 256 g/mol. The molecule has 0 saturated heterocycles. The number of halogens is 2. The molecule has 88 valence electrons. The molecule has 0 aliphatic rings. The number of benzene rings is 1. The Hall–Kier alpha value is -0.460. The first kappa shape index (κ1) is 13.6. The lowest BCUT2D eigenvalue weighted by Gasteiger charge is -2.16. The van der Waals surface area contributed by atoms with E-state index in [-0.39, 0.29) is 0 Å². The molecular formula is C14H18Cl2. The summed E-state index contributed by atoms with van der Waals surface area (Å²) in [5.74, 6) is 0.541. The lowest BCUT2D eigenvalue weighted by molar-refractivity contribution is 0.574. The average molecular weight is 257 g/mol. The molecular weight excluding hydrogens is 239 g/mol. The first-order valence-corrected chi connectivity index (χ1v) is 6.49. The number of allylic oxidation sites excluding steroid dienone is 1. The Morgan fingerprint density at radius 3 is 2.31 bits per heavy atom. The van der Waals surface area contributed by atoms with E-state index < -0.39 is 0 Å². The highest BCUT2D eigenvalue weighted by Gasteiger charge is 2.11. The molecule has 1 aromatic carbocycles. The van der Waals surface area contributed by atoms with Gasteiger partial charge in [-0.3, -0.25) is 0 Å². The molecule has 1 atom stereocenters. The Morgan fingerprint density at radius 2 is 1.81 bits per heavy atom. The fourth-order valence-corrected chi connectivity index (χ4v) is 2.50. The van der Waals surface area contributed by atoms with Crippen LogP contribution in [0, 0.1) is 0 Å². The van der Waals surface area contributed by atoms with E-state index in [1.165, 1.54) is 18.4 Å². The molecule has 0 saturated carbocycles. The van der Waals surface area contributed by atoms with Crippen molar-refractivity contribution in [1.29, 1.82) is 0 Å². The average Bonchev–Trinajstić information content (AvgIpc) is 2.22. The van der Waals surface area contributed by atoms with E-state index in [4.69, 9.17) is 23.2 Å². The highest BCUT2D eigenvalue weighted by molar-refractivity contribution is 6.34. The molecule has 0 heterocycles. The van der Waals surface area contributed by atoms with Crippen LogP contribution in [-0.2, 0) is 0 Å². The van der Waals surface area contributed by atoms with Gasteiger partial charge in [-0.15, -0.1) is 6.58 Å². The summed E-state index contributed by atoms with van der Waals surface area (Å²) in [6, 6.07) is 5.83. The van der Waals surface area contributed by atoms with Gasteiger partial charge in [0, 0.05) is 10.0 Å². The minimum atomic E-state index is 0.541. The highest BCUT2D eigenvalue weighted by atomic mass is 35.5. The Balaban J connectivity index is 2.85. The lowest BCUT2D eigenvalue weighted by atomic mass is 9.90. The van der Waals surface area contributed by atoms with Gasteiger partial charge in [0.15, 0.2) is 0 Å². The van der Waals surface area contributed by atoms with Crippen molar-refractivity contribution < 1.29 is 0 Å². The van der Waals surface area contributed by atoms with Gasteiger partial charge < -0.3 is 0 Å². The summed E-state index contributed by atoms with van der Waals surface area (Å²) >= 11 is 12.0. The smallest absolute Gasteiger partial charge is 0.0423 e. The third kappa shape index (κ3) is 4.19. The van der Waals surface area contributed by atoms with E-state index in [2.05, 4.69) is 13.5 Å². The second-order valence-electron chi connectivity index (χ2n) is 4.05. The van der Waals surface area contributed by atoms with Crippen LogP contribution < -0.4 is 0 Å². The fourth-order valence-electron chi connectivity index (χ4n) is 1.96. The standard InChI is InChI=1S/C14H18Cl2/c1-3-5-7-11(6-4-2)12-8-13(15)10-14(16)9-12/h3,8-11H,1,4-7H2,2H3. The summed E-state index contributed by atoms with van der Waals surface area (Å²) < 4.78 is 0. The predicted molar refractivity (Wildman–Crippen MR) is 73.5 cm³/mol. The van der Waals surface area contributed by atoms with Crippen molar-refractivity contribution >= 4 is 23.2 Å². The van der Waals surface area contributed by atoms with Crippen LogP contribution in [0.5, 0.6) is 0 Å². The van der Waals surface area contributed by atoms with E-state index in [9.17, 15) is 0 Å². The van der Waals surface area contributed by atoms with Crippen molar-refractivity contribution in [2.24, 2.45) is 0 Å². The van der Waals surface area contributed by atoms with Crippen LogP contribution in [0.1, 0.15) is 44.1 Å². The van der Waals surface area contributed by atoms with Crippen LogP contribution in [0.2, 0.25) is 10.0 Å². The molecule has 0 radical (unpaired) electrons. The van der Waals surface area contributed by atoms with Gasteiger partial charge in [-0.25, -0.2) is 0 Å². The normalized spacial score (nSPS) is 12.4. The van der Waals surface area contributed by atoms with Crippen LogP contribution in [0.15, 0.2) is 30.9 Å². The largest absolute Gasteiger partial charge is 0.103 e. The molecule has 2 heteroatoms. The summed E-state index contributed by atoms with van der Waals surface area (Å²) in [7, 11) is 0. The predicted octanol–water partition coefficient (Wildman–Crippen LogP) is 5.84. The third-order valence-corrected chi connectivity index (χ3v) is 3.15. The molecule has 1 rings (SSSR count). The number of hydrogen-bond donors (Lipinski definition) is 0. The van der Waals surface area contributed by atoms with Gasteiger partial charge in [0.05, 0.1) is 0 Å². The Kier molecular flexibility index (Phi) is 5.94. The van der Waals surface area contributed by atoms with Crippen LogP contribution >= 0.6 is 23.2 Å². The minimum absolute atomic E-state index is 0.541. The molecule has 1 aromatic rings. The van der Waals surface area contributed by atoms with Gasteiger partial charge >= 0.3 is 0 Å². The van der Waals surface area contributed by atoms with Gasteiger partial charge in [0.1, 0.15) is 0 Å². The molecule has 0 spiro atoms. The maximum atomic E-state index is 6.02. The van der Waals surface area contributed by atoms with E-state index >= 15 is 0 Å². The summed E-state index contributed by atoms with van der Waals surface area (Å²) in [6.07, 6.45) is 6.47. The molecule has 0 bridgehead atoms. The SMILES string of the molecule is C=CCCC(CCC)c1cc(Cl)cc(Cl)c1. The minimum Gasteiger partial charge on any atom is -0.103 e. The van der Waals surface area contributed by atoms with E-state index in [1.54, 1.807) is 6.07 Å². The lowest BCUT2D eigenvalue weighted by Crippen LogP contribution is -1.98. The summed E-state index contributed by atoms with van der Waals surface area (Å²) in [5.41, 5.74) is 1.25. The van der Waals surface area contributed by atoms with Crippen LogP contribution in [0.25, 0.3) is 0 Å². The van der Waals surface area contributed by atoms with E-state index in [1.807, 2.05) is 18.2 Å². The van der Waals surface area contributed by atoms with Gasteiger partial charge in [-0.1, -0.05) is 42.6 Å². The summed E-state index contributed by atoms with van der Waals surface area (Å²) in [5, 5.41) is 1.45. The third-order valence-electron chi connectivity index (χ3n) is 2.71. The number of hydrogen-bond acceptors (Lipinski definition) is 0. The second kappa shape index (κ2) is 6.98. The molecule has 0 aliphatic carbocycles. The van der Waals surface area contributed by atoms with Gasteiger partial charge in [0.2, 0.25) is 0 Å². The van der Waals surface area contributed by atoms with E-state index in [0.29, 0.717) is 5.92 Å². The topological polar surface area (TPSA) is 0 Å². The quantitative estimate of drug-likeness (QED) is 0.561. The van der Waals surface area contributed by atoms with Crippen LogP contribution in [0.3, 0.4) is 0 Å². The molecule has 0 fully saturated rings. The van der Waals surface area contributed by atoms with Crippen molar-refractivity contribution in [1.82, 2.24) is 0 Å². The molecule has 1 unspecified atom stereocenters. The second-order valence-corrected chi connectivity index (χ2v) is 4.93. The van der Waals surface area contributed by atoms with Gasteiger partial charge in [0.25, 0.3) is 0 Å². The van der Waals surface area contributed by atoms with Gasteiger partial charge in [-0.05, 0) is 48.9 Å². The first-order valence-electron chi connectivity index (χ1n) is 5.74. The molecule has 0 amide bonds. The zero-order chi connectivity index (χ0) is 12.0. The number of rotatable bonds is 6. The van der Waals surface area contributed by atoms with E-state index in [0.717, 1.165) is 22.9 Å². The van der Waals surface area contributed by atoms with Crippen LogP contribution in [0.4, 0.5) is 0 Å². The maximum absolute atomic E-state index is 6.02. The molecule has 0 N–H and O–H groups in total. The zero-order valence-corrected chi connectivity index (χ0v) is 11.2. The Morgan fingerprint density at radius 1 is 1.19 bits per heavy atom. The summed E-state index contributed by atoms with van der Waals surface area (Å²) in [6.45, 7) is 5.97. The molecule has 16 heavy (non-hydrogen) atoms. The van der Waals surface area contributed by atoms with Crippen molar-refractivity contribution in [2.75, 3.05) is 0 Å². The van der Waals surface area contributed by atoms with Gasteiger partial charge in [-0.2, -0.15) is 0 Å². The molecule has 0 aliphatic heterocycles. The van der Waals surface area contributed by atoms with Crippen molar-refractivity contribution in [3.8, 4) is 0 Å². The Bertz CT molecular complexity index is 324. The fraction of sp³-hybridized carbons (Fsp3) is 0.429. The zero-order valence-electron chi connectivity index (χ0n) is 9.68. The van der Waals surface area contributed by atoms with Crippen molar-refractivity contribution in [2.45, 2.75) is 38.5 Å². The van der Waals surface area contributed by atoms with Crippen molar-refractivity contribution in [3.05, 3.63) is 46.5 Å². The maximum Gasteiger partial charge on any atom is 0.0423 e. The first-order chi connectivity index (χ1) is 7.67. The highest BCUT2D eigenvalue weighted by Crippen LogP contribution is 2.30.